The van der Waals surface area contributed by atoms with Gasteiger partial charge in [-0.25, -0.2) is 15.0 Å². The zero-order chi connectivity index (χ0) is 15.6. The van der Waals surface area contributed by atoms with E-state index in [2.05, 4.69) is 41.3 Å². The Morgan fingerprint density at radius 3 is 2.61 bits per heavy atom. The number of pyridine rings is 1. The highest BCUT2D eigenvalue weighted by molar-refractivity contribution is 9.10. The second-order valence-electron chi connectivity index (χ2n) is 4.84. The summed E-state index contributed by atoms with van der Waals surface area (Å²) < 4.78 is 2.72. The Morgan fingerprint density at radius 2 is 1.83 bits per heavy atom. The van der Waals surface area contributed by atoms with Gasteiger partial charge in [0, 0.05) is 16.4 Å². The van der Waals surface area contributed by atoms with Crippen LogP contribution in [0.4, 0.5) is 11.5 Å². The summed E-state index contributed by atoms with van der Waals surface area (Å²) in [5.74, 6) is 1.43. The molecule has 0 unspecified atom stereocenters. The first-order chi connectivity index (χ1) is 11.3. The molecule has 0 saturated carbocycles. The van der Waals surface area contributed by atoms with Crippen LogP contribution in [0.1, 0.15) is 0 Å². The molecule has 23 heavy (non-hydrogen) atoms. The number of benzene rings is 1. The summed E-state index contributed by atoms with van der Waals surface area (Å²) in [4.78, 5) is 13.0. The van der Waals surface area contributed by atoms with E-state index in [1.165, 1.54) is 6.33 Å². The van der Waals surface area contributed by atoms with E-state index >= 15 is 0 Å². The quantitative estimate of drug-likeness (QED) is 0.598. The fourth-order valence-electron chi connectivity index (χ4n) is 2.26. The van der Waals surface area contributed by atoms with E-state index in [0.717, 1.165) is 21.4 Å². The lowest BCUT2D eigenvalue weighted by Gasteiger charge is -2.06. The van der Waals surface area contributed by atoms with Gasteiger partial charge in [0.2, 0.25) is 0 Å². The first-order valence-corrected chi connectivity index (χ1v) is 7.73. The Morgan fingerprint density at radius 1 is 0.957 bits per heavy atom. The number of nitrogens with one attached hydrogen (secondary N) is 1. The maximum absolute atomic E-state index is 4.39. The lowest BCUT2D eigenvalue weighted by atomic mass is 10.3. The number of halogens is 1. The van der Waals surface area contributed by atoms with Gasteiger partial charge in [0.15, 0.2) is 11.5 Å². The summed E-state index contributed by atoms with van der Waals surface area (Å²) in [6, 6.07) is 13.6. The molecular weight excluding hydrogens is 356 g/mol. The molecule has 0 spiro atoms. The van der Waals surface area contributed by atoms with Crippen LogP contribution in [-0.2, 0) is 0 Å². The molecule has 0 saturated heterocycles. The number of nitrogens with zero attached hydrogens (tertiary/aromatic N) is 5. The molecule has 0 bridgehead atoms. The Labute approximate surface area is 140 Å². The topological polar surface area (TPSA) is 68.5 Å². The Balaban J connectivity index is 1.77. The largest absolute Gasteiger partial charge is 0.340 e. The van der Waals surface area contributed by atoms with Gasteiger partial charge in [-0.3, -0.25) is 0 Å². The van der Waals surface area contributed by atoms with Crippen LogP contribution in [0, 0.1) is 0 Å². The molecule has 0 amide bonds. The van der Waals surface area contributed by atoms with Crippen molar-refractivity contribution in [2.24, 2.45) is 0 Å². The van der Waals surface area contributed by atoms with Crippen LogP contribution < -0.4 is 5.32 Å². The molecule has 112 valence electrons. The number of anilines is 2. The van der Waals surface area contributed by atoms with Crippen LogP contribution in [0.3, 0.4) is 0 Å². The van der Waals surface area contributed by atoms with Crippen LogP contribution >= 0.6 is 15.9 Å². The summed E-state index contributed by atoms with van der Waals surface area (Å²) in [7, 11) is 0. The van der Waals surface area contributed by atoms with Crippen molar-refractivity contribution < 1.29 is 0 Å². The predicted octanol–water partition coefficient (Wildman–Crippen LogP) is 3.72. The Kier molecular flexibility index (Phi) is 3.47. The van der Waals surface area contributed by atoms with Gasteiger partial charge >= 0.3 is 0 Å². The van der Waals surface area contributed by atoms with Gasteiger partial charge in [-0.2, -0.15) is 9.78 Å². The molecule has 3 heterocycles. The van der Waals surface area contributed by atoms with Crippen LogP contribution in [0.25, 0.3) is 16.9 Å². The van der Waals surface area contributed by atoms with E-state index in [-0.39, 0.29) is 0 Å². The summed E-state index contributed by atoms with van der Waals surface area (Å²) in [5.41, 5.74) is 1.65. The smallest absolute Gasteiger partial charge is 0.170 e. The molecule has 4 aromatic rings. The van der Waals surface area contributed by atoms with E-state index in [1.54, 1.807) is 17.1 Å². The van der Waals surface area contributed by atoms with E-state index in [4.69, 9.17) is 0 Å². The third kappa shape index (κ3) is 2.66. The normalized spacial score (nSPS) is 10.8. The molecule has 0 radical (unpaired) electrons. The molecule has 6 nitrogen and oxygen atoms in total. The van der Waals surface area contributed by atoms with E-state index in [1.807, 2.05) is 42.5 Å². The minimum absolute atomic E-state index is 0.707. The highest BCUT2D eigenvalue weighted by Crippen LogP contribution is 2.24. The second kappa shape index (κ2) is 5.77. The zero-order valence-corrected chi connectivity index (χ0v) is 13.5. The van der Waals surface area contributed by atoms with Crippen molar-refractivity contribution in [1.29, 1.82) is 0 Å². The van der Waals surface area contributed by atoms with Crippen LogP contribution in [0.15, 0.2) is 65.7 Å². The monoisotopic (exact) mass is 366 g/mol. The molecule has 0 fully saturated rings. The SMILES string of the molecule is Brc1ccc(Nc2ncnc3c2cnn3-c2ccccn2)cc1. The Hall–Kier alpha value is -2.80. The van der Waals surface area contributed by atoms with Gasteiger partial charge in [-0.05, 0) is 36.4 Å². The van der Waals surface area contributed by atoms with E-state index in [0.29, 0.717) is 11.5 Å². The molecule has 1 N–H and O–H groups in total. The third-order valence-corrected chi connectivity index (χ3v) is 3.87. The van der Waals surface area contributed by atoms with Crippen LogP contribution in [-0.4, -0.2) is 24.7 Å². The highest BCUT2D eigenvalue weighted by Gasteiger charge is 2.11. The van der Waals surface area contributed by atoms with Crippen molar-refractivity contribution in [2.75, 3.05) is 5.32 Å². The van der Waals surface area contributed by atoms with Crippen molar-refractivity contribution in [3.63, 3.8) is 0 Å². The molecule has 0 atom stereocenters. The van der Waals surface area contributed by atoms with Gasteiger partial charge in [0.1, 0.15) is 12.1 Å². The van der Waals surface area contributed by atoms with E-state index < -0.39 is 0 Å². The van der Waals surface area contributed by atoms with Gasteiger partial charge in [-0.1, -0.05) is 22.0 Å². The number of hydrogen-bond donors (Lipinski definition) is 1. The van der Waals surface area contributed by atoms with Gasteiger partial charge in [0.25, 0.3) is 0 Å². The highest BCUT2D eigenvalue weighted by atomic mass is 79.9. The molecule has 0 aliphatic heterocycles. The predicted molar refractivity (Wildman–Crippen MR) is 91.9 cm³/mol. The summed E-state index contributed by atoms with van der Waals surface area (Å²) in [6.45, 7) is 0. The van der Waals surface area contributed by atoms with Crippen LogP contribution in [0.5, 0.6) is 0 Å². The molecule has 1 aromatic carbocycles. The van der Waals surface area contributed by atoms with Gasteiger partial charge < -0.3 is 5.32 Å². The average Bonchev–Trinajstić information content (AvgIpc) is 3.03. The van der Waals surface area contributed by atoms with Crippen molar-refractivity contribution in [3.05, 3.63) is 65.7 Å². The maximum atomic E-state index is 4.39. The van der Waals surface area contributed by atoms with Crippen molar-refractivity contribution in [2.45, 2.75) is 0 Å². The number of fused-ring (bicyclic) bond motifs is 1. The molecular formula is C16H11BrN6. The summed E-state index contributed by atoms with van der Waals surface area (Å²) >= 11 is 3.43. The summed E-state index contributed by atoms with van der Waals surface area (Å²) in [5, 5.41) is 8.51. The molecule has 4 rings (SSSR count). The molecule has 3 aromatic heterocycles. The van der Waals surface area contributed by atoms with Crippen molar-refractivity contribution >= 4 is 38.5 Å². The third-order valence-electron chi connectivity index (χ3n) is 3.34. The first-order valence-electron chi connectivity index (χ1n) is 6.94. The minimum atomic E-state index is 0.707. The fraction of sp³-hybridized carbons (Fsp3) is 0. The maximum Gasteiger partial charge on any atom is 0.170 e. The lowest BCUT2D eigenvalue weighted by molar-refractivity contribution is 0.861. The summed E-state index contributed by atoms with van der Waals surface area (Å²) in [6.07, 6.45) is 4.99. The molecule has 0 aliphatic carbocycles. The number of aromatic nitrogens is 5. The van der Waals surface area contributed by atoms with E-state index in [9.17, 15) is 0 Å². The van der Waals surface area contributed by atoms with Gasteiger partial charge in [-0.15, -0.1) is 0 Å². The lowest BCUT2D eigenvalue weighted by Crippen LogP contribution is -2.01. The Bertz CT molecular complexity index is 949. The van der Waals surface area contributed by atoms with Gasteiger partial charge in [0.05, 0.1) is 11.6 Å². The number of hydrogen-bond acceptors (Lipinski definition) is 5. The first kappa shape index (κ1) is 13.8. The van der Waals surface area contributed by atoms with Crippen molar-refractivity contribution in [3.8, 4) is 5.82 Å². The molecule has 7 heteroatoms. The standard InChI is InChI=1S/C16H11BrN6/c17-11-4-6-12(7-5-11)22-15-13-9-21-23(16(13)20-10-19-15)14-3-1-2-8-18-14/h1-10H,(H,19,20,22). The molecule has 0 aliphatic rings. The number of rotatable bonds is 3. The van der Waals surface area contributed by atoms with Crippen LogP contribution in [0.2, 0.25) is 0 Å². The average molecular weight is 367 g/mol. The van der Waals surface area contributed by atoms with Crippen molar-refractivity contribution in [1.82, 2.24) is 24.7 Å². The second-order valence-corrected chi connectivity index (χ2v) is 5.75. The fourth-order valence-corrected chi connectivity index (χ4v) is 2.52. The minimum Gasteiger partial charge on any atom is -0.340 e. The zero-order valence-electron chi connectivity index (χ0n) is 11.9.